The second-order valence-corrected chi connectivity index (χ2v) is 5.58. The SMILES string of the molecule is CCCCCC(O)/C=C/C=CCC=CCC=CCCCC(=O)O. The Balaban J connectivity index is 3.57. The number of carboxylic acid groups (broad SMARTS) is 1. The predicted molar refractivity (Wildman–Crippen MR) is 97.4 cm³/mol. The molecule has 130 valence electrons. The Labute approximate surface area is 141 Å². The molecular weight excluding hydrogens is 288 g/mol. The first kappa shape index (κ1) is 21.4. The average Bonchev–Trinajstić information content (AvgIpc) is 2.51. The Morgan fingerprint density at radius 3 is 2.35 bits per heavy atom. The highest BCUT2D eigenvalue weighted by molar-refractivity contribution is 5.66. The van der Waals surface area contributed by atoms with E-state index < -0.39 is 5.97 Å². The number of allylic oxidation sites excluding steroid dienone is 7. The second-order valence-electron chi connectivity index (χ2n) is 5.58. The van der Waals surface area contributed by atoms with Crippen molar-refractivity contribution in [2.24, 2.45) is 0 Å². The van der Waals surface area contributed by atoms with Crippen LogP contribution in [0.2, 0.25) is 0 Å². The fraction of sp³-hybridized carbons (Fsp3) is 0.550. The van der Waals surface area contributed by atoms with Gasteiger partial charge >= 0.3 is 5.97 Å². The maximum atomic E-state index is 10.3. The van der Waals surface area contributed by atoms with E-state index in [0.29, 0.717) is 6.42 Å². The zero-order chi connectivity index (χ0) is 17.2. The summed E-state index contributed by atoms with van der Waals surface area (Å²) in [6, 6.07) is 0. The van der Waals surface area contributed by atoms with Crippen molar-refractivity contribution < 1.29 is 15.0 Å². The van der Waals surface area contributed by atoms with E-state index in [2.05, 4.69) is 31.2 Å². The van der Waals surface area contributed by atoms with E-state index in [4.69, 9.17) is 5.11 Å². The summed E-state index contributed by atoms with van der Waals surface area (Å²) >= 11 is 0. The summed E-state index contributed by atoms with van der Waals surface area (Å²) in [5.41, 5.74) is 0. The third kappa shape index (κ3) is 18.3. The molecule has 0 aliphatic rings. The van der Waals surface area contributed by atoms with Gasteiger partial charge in [0.2, 0.25) is 0 Å². The molecule has 0 spiro atoms. The molecule has 0 aliphatic carbocycles. The van der Waals surface area contributed by atoms with E-state index >= 15 is 0 Å². The van der Waals surface area contributed by atoms with Gasteiger partial charge in [-0.3, -0.25) is 4.79 Å². The Morgan fingerprint density at radius 2 is 1.65 bits per heavy atom. The smallest absolute Gasteiger partial charge is 0.303 e. The molecule has 0 saturated carbocycles. The van der Waals surface area contributed by atoms with E-state index in [1.54, 1.807) is 0 Å². The molecule has 0 aromatic carbocycles. The van der Waals surface area contributed by atoms with Gasteiger partial charge in [-0.15, -0.1) is 0 Å². The summed E-state index contributed by atoms with van der Waals surface area (Å²) in [5.74, 6) is -0.729. The fourth-order valence-electron chi connectivity index (χ4n) is 1.98. The number of hydrogen-bond acceptors (Lipinski definition) is 2. The number of carboxylic acids is 1. The normalized spacial score (nSPS) is 13.8. The summed E-state index contributed by atoms with van der Waals surface area (Å²) in [6.45, 7) is 2.16. The van der Waals surface area contributed by atoms with Crippen molar-refractivity contribution >= 4 is 5.97 Å². The molecule has 3 heteroatoms. The van der Waals surface area contributed by atoms with E-state index in [0.717, 1.165) is 32.1 Å². The maximum Gasteiger partial charge on any atom is 0.303 e. The quantitative estimate of drug-likeness (QED) is 0.263. The lowest BCUT2D eigenvalue weighted by molar-refractivity contribution is -0.137. The second kappa shape index (κ2) is 16.8. The zero-order valence-corrected chi connectivity index (χ0v) is 14.4. The minimum absolute atomic E-state index is 0.242. The van der Waals surface area contributed by atoms with Crippen LogP contribution in [0.1, 0.15) is 64.7 Å². The van der Waals surface area contributed by atoms with Crippen molar-refractivity contribution in [3.63, 3.8) is 0 Å². The molecule has 0 radical (unpaired) electrons. The van der Waals surface area contributed by atoms with Crippen molar-refractivity contribution in [1.82, 2.24) is 0 Å². The molecule has 1 atom stereocenters. The van der Waals surface area contributed by atoms with E-state index in [9.17, 15) is 9.90 Å². The van der Waals surface area contributed by atoms with E-state index in [1.165, 1.54) is 12.8 Å². The predicted octanol–water partition coefficient (Wildman–Crippen LogP) is 5.19. The highest BCUT2D eigenvalue weighted by Gasteiger charge is 1.96. The Bertz CT molecular complexity index is 392. The van der Waals surface area contributed by atoms with Crippen LogP contribution in [0.5, 0.6) is 0 Å². The summed E-state index contributed by atoms with van der Waals surface area (Å²) in [5, 5.41) is 18.2. The number of aliphatic hydroxyl groups is 1. The molecule has 0 aromatic heterocycles. The first-order valence-corrected chi connectivity index (χ1v) is 8.70. The minimum Gasteiger partial charge on any atom is -0.481 e. The van der Waals surface area contributed by atoms with Crippen LogP contribution in [-0.2, 0) is 4.79 Å². The van der Waals surface area contributed by atoms with Crippen LogP contribution in [-0.4, -0.2) is 22.3 Å². The zero-order valence-electron chi connectivity index (χ0n) is 14.4. The number of carbonyl (C=O) groups is 1. The molecule has 1 unspecified atom stereocenters. The summed E-state index contributed by atoms with van der Waals surface area (Å²) in [4.78, 5) is 10.3. The van der Waals surface area contributed by atoms with Crippen LogP contribution in [0.15, 0.2) is 48.6 Å². The molecular formula is C20H32O3. The van der Waals surface area contributed by atoms with Gasteiger partial charge in [-0.25, -0.2) is 0 Å². The highest BCUT2D eigenvalue weighted by atomic mass is 16.4. The van der Waals surface area contributed by atoms with Gasteiger partial charge in [0.25, 0.3) is 0 Å². The van der Waals surface area contributed by atoms with Crippen LogP contribution in [0, 0.1) is 0 Å². The number of aliphatic hydroxyl groups excluding tert-OH is 1. The first-order valence-electron chi connectivity index (χ1n) is 8.70. The van der Waals surface area contributed by atoms with Crippen molar-refractivity contribution in [2.75, 3.05) is 0 Å². The Kier molecular flexibility index (Phi) is 15.6. The van der Waals surface area contributed by atoms with Gasteiger partial charge in [0.1, 0.15) is 0 Å². The maximum absolute atomic E-state index is 10.3. The van der Waals surface area contributed by atoms with Crippen LogP contribution >= 0.6 is 0 Å². The topological polar surface area (TPSA) is 57.5 Å². The molecule has 3 nitrogen and oxygen atoms in total. The van der Waals surface area contributed by atoms with Crippen LogP contribution in [0.25, 0.3) is 0 Å². The molecule has 0 bridgehead atoms. The lowest BCUT2D eigenvalue weighted by Gasteiger charge is -2.02. The third-order valence-corrected chi connectivity index (χ3v) is 3.32. The largest absolute Gasteiger partial charge is 0.481 e. The van der Waals surface area contributed by atoms with Gasteiger partial charge in [0.05, 0.1) is 6.10 Å². The Hall–Kier alpha value is -1.61. The van der Waals surface area contributed by atoms with Gasteiger partial charge < -0.3 is 10.2 Å². The average molecular weight is 320 g/mol. The molecule has 0 fully saturated rings. The summed E-state index contributed by atoms with van der Waals surface area (Å²) in [6.07, 6.45) is 23.6. The number of aliphatic carboxylic acids is 1. The number of rotatable bonds is 14. The van der Waals surface area contributed by atoms with Gasteiger partial charge in [-0.1, -0.05) is 74.8 Å². The molecule has 0 amide bonds. The van der Waals surface area contributed by atoms with E-state index in [1.807, 2.05) is 24.3 Å². The van der Waals surface area contributed by atoms with Gasteiger partial charge in [-0.2, -0.15) is 0 Å². The van der Waals surface area contributed by atoms with Crippen molar-refractivity contribution in [3.05, 3.63) is 48.6 Å². The van der Waals surface area contributed by atoms with Gasteiger partial charge in [0, 0.05) is 6.42 Å². The number of hydrogen-bond donors (Lipinski definition) is 2. The summed E-state index contributed by atoms with van der Waals surface area (Å²) < 4.78 is 0. The van der Waals surface area contributed by atoms with E-state index in [-0.39, 0.29) is 12.5 Å². The lowest BCUT2D eigenvalue weighted by atomic mass is 10.1. The molecule has 0 aromatic rings. The van der Waals surface area contributed by atoms with Crippen LogP contribution < -0.4 is 0 Å². The summed E-state index contributed by atoms with van der Waals surface area (Å²) in [7, 11) is 0. The third-order valence-electron chi connectivity index (χ3n) is 3.32. The highest BCUT2D eigenvalue weighted by Crippen LogP contribution is 2.04. The van der Waals surface area contributed by atoms with Crippen LogP contribution in [0.3, 0.4) is 0 Å². The van der Waals surface area contributed by atoms with Crippen molar-refractivity contribution in [3.8, 4) is 0 Å². The Morgan fingerprint density at radius 1 is 0.957 bits per heavy atom. The molecule has 0 heterocycles. The number of unbranched alkanes of at least 4 members (excludes halogenated alkanes) is 3. The molecule has 0 aliphatic heterocycles. The molecule has 23 heavy (non-hydrogen) atoms. The molecule has 0 rings (SSSR count). The molecule has 2 N–H and O–H groups in total. The van der Waals surface area contributed by atoms with Crippen molar-refractivity contribution in [2.45, 2.75) is 70.8 Å². The minimum atomic E-state index is -0.729. The van der Waals surface area contributed by atoms with Crippen LogP contribution in [0.4, 0.5) is 0 Å². The monoisotopic (exact) mass is 320 g/mol. The molecule has 0 saturated heterocycles. The van der Waals surface area contributed by atoms with Crippen molar-refractivity contribution in [1.29, 1.82) is 0 Å². The standard InChI is InChI=1S/C20H32O3/c1-2-3-13-16-19(21)17-14-11-9-7-5-4-6-8-10-12-15-18-20(22)23/h4-5,8-11,14,17,19,21H,2-3,6-7,12-13,15-16,18H2,1H3,(H,22,23)/b5-4?,10-8?,11-9?,17-14+. The van der Waals surface area contributed by atoms with Gasteiger partial charge in [0.15, 0.2) is 0 Å². The fourth-order valence-corrected chi connectivity index (χ4v) is 1.98. The lowest BCUT2D eigenvalue weighted by Crippen LogP contribution is -2.00. The van der Waals surface area contributed by atoms with Gasteiger partial charge in [-0.05, 0) is 32.1 Å². The first-order chi connectivity index (χ1) is 11.2.